The van der Waals surface area contributed by atoms with Crippen LogP contribution in [0, 0.1) is 0 Å². The maximum Gasteiger partial charge on any atom is 0.305 e. The van der Waals surface area contributed by atoms with E-state index in [9.17, 15) is 4.79 Å². The first-order valence-electron chi connectivity index (χ1n) is 4.15. The molecule has 0 aliphatic carbocycles. The van der Waals surface area contributed by atoms with Crippen LogP contribution in [0.3, 0.4) is 0 Å². The molecule has 0 aromatic rings. The fraction of sp³-hybridized carbons (Fsp3) is 0.875. The van der Waals surface area contributed by atoms with Crippen LogP contribution < -0.4 is 0 Å². The molecule has 1 saturated heterocycles. The zero-order chi connectivity index (χ0) is 8.97. The van der Waals surface area contributed by atoms with Crippen molar-refractivity contribution in [1.82, 2.24) is 0 Å². The summed E-state index contributed by atoms with van der Waals surface area (Å²) in [4.78, 5) is 10.7. The molecule has 4 heteroatoms. The zero-order valence-corrected chi connectivity index (χ0v) is 7.41. The monoisotopic (exact) mass is 174 g/mol. The van der Waals surface area contributed by atoms with E-state index < -0.39 is 0 Å². The van der Waals surface area contributed by atoms with E-state index in [1.807, 2.05) is 6.92 Å². The van der Waals surface area contributed by atoms with Gasteiger partial charge in [-0.1, -0.05) is 6.92 Å². The molecule has 12 heavy (non-hydrogen) atoms. The molecule has 1 aliphatic heterocycles. The van der Waals surface area contributed by atoms with E-state index in [2.05, 4.69) is 0 Å². The van der Waals surface area contributed by atoms with Crippen molar-refractivity contribution in [2.24, 2.45) is 0 Å². The Labute approximate surface area is 71.8 Å². The Balaban J connectivity index is 2.11. The summed E-state index contributed by atoms with van der Waals surface area (Å²) in [6, 6.07) is 0. The SMILES string of the molecule is CCC(=O)OCC1COC(C)O1. The summed E-state index contributed by atoms with van der Waals surface area (Å²) in [5, 5.41) is 0. The van der Waals surface area contributed by atoms with E-state index in [1.54, 1.807) is 6.92 Å². The van der Waals surface area contributed by atoms with Gasteiger partial charge >= 0.3 is 5.97 Å². The molecule has 1 rings (SSSR count). The second-order valence-corrected chi connectivity index (χ2v) is 2.70. The molecule has 0 amide bonds. The van der Waals surface area contributed by atoms with Crippen molar-refractivity contribution in [2.45, 2.75) is 32.7 Å². The molecule has 0 saturated carbocycles. The Hall–Kier alpha value is -0.610. The van der Waals surface area contributed by atoms with Gasteiger partial charge in [-0.25, -0.2) is 0 Å². The number of hydrogen-bond donors (Lipinski definition) is 0. The quantitative estimate of drug-likeness (QED) is 0.591. The van der Waals surface area contributed by atoms with Gasteiger partial charge in [0.05, 0.1) is 6.61 Å². The third-order valence-corrected chi connectivity index (χ3v) is 1.62. The second-order valence-electron chi connectivity index (χ2n) is 2.70. The molecule has 1 aliphatic rings. The molecule has 2 unspecified atom stereocenters. The minimum absolute atomic E-state index is 0.0875. The number of carbonyl (C=O) groups is 1. The van der Waals surface area contributed by atoms with E-state index >= 15 is 0 Å². The van der Waals surface area contributed by atoms with Crippen LogP contribution in [0.25, 0.3) is 0 Å². The molecular formula is C8H14O4. The zero-order valence-electron chi connectivity index (χ0n) is 7.41. The van der Waals surface area contributed by atoms with Crippen molar-refractivity contribution in [3.8, 4) is 0 Å². The maximum atomic E-state index is 10.7. The van der Waals surface area contributed by atoms with Gasteiger partial charge in [0.25, 0.3) is 0 Å². The molecule has 0 radical (unpaired) electrons. The average Bonchev–Trinajstić information content (AvgIpc) is 2.47. The minimum Gasteiger partial charge on any atom is -0.463 e. The lowest BCUT2D eigenvalue weighted by Crippen LogP contribution is -2.20. The van der Waals surface area contributed by atoms with E-state index in [4.69, 9.17) is 14.2 Å². The van der Waals surface area contributed by atoms with Crippen LogP contribution in [0.4, 0.5) is 0 Å². The van der Waals surface area contributed by atoms with Gasteiger partial charge in [-0.3, -0.25) is 4.79 Å². The van der Waals surface area contributed by atoms with Crippen molar-refractivity contribution in [3.63, 3.8) is 0 Å². The van der Waals surface area contributed by atoms with Gasteiger partial charge in [-0.2, -0.15) is 0 Å². The summed E-state index contributed by atoms with van der Waals surface area (Å²) >= 11 is 0. The summed E-state index contributed by atoms with van der Waals surface area (Å²) in [6.07, 6.45) is 0.147. The van der Waals surface area contributed by atoms with Crippen LogP contribution in [-0.4, -0.2) is 31.6 Å². The summed E-state index contributed by atoms with van der Waals surface area (Å²) in [6.45, 7) is 4.40. The summed E-state index contributed by atoms with van der Waals surface area (Å²) in [5.41, 5.74) is 0. The Kier molecular flexibility index (Phi) is 3.49. The van der Waals surface area contributed by atoms with Crippen molar-refractivity contribution < 1.29 is 19.0 Å². The molecule has 4 nitrogen and oxygen atoms in total. The van der Waals surface area contributed by atoms with E-state index in [0.717, 1.165) is 0 Å². The van der Waals surface area contributed by atoms with Crippen LogP contribution in [-0.2, 0) is 19.0 Å². The van der Waals surface area contributed by atoms with Crippen LogP contribution >= 0.6 is 0 Å². The molecular weight excluding hydrogens is 160 g/mol. The van der Waals surface area contributed by atoms with Gasteiger partial charge in [-0.15, -0.1) is 0 Å². The predicted octanol–water partition coefficient (Wildman–Crippen LogP) is 0.701. The molecule has 2 atom stereocenters. The van der Waals surface area contributed by atoms with Crippen molar-refractivity contribution in [1.29, 1.82) is 0 Å². The van der Waals surface area contributed by atoms with E-state index in [1.165, 1.54) is 0 Å². The lowest BCUT2D eigenvalue weighted by atomic mass is 10.4. The summed E-state index contributed by atoms with van der Waals surface area (Å²) in [5.74, 6) is -0.196. The van der Waals surface area contributed by atoms with Gasteiger partial charge < -0.3 is 14.2 Å². The topological polar surface area (TPSA) is 44.8 Å². The Morgan fingerprint density at radius 3 is 2.92 bits per heavy atom. The molecule has 0 aromatic carbocycles. The molecule has 0 N–H and O–H groups in total. The highest BCUT2D eigenvalue weighted by Crippen LogP contribution is 2.10. The van der Waals surface area contributed by atoms with Crippen molar-refractivity contribution >= 4 is 5.97 Å². The fourth-order valence-electron chi connectivity index (χ4n) is 0.968. The third-order valence-electron chi connectivity index (χ3n) is 1.62. The van der Waals surface area contributed by atoms with Gasteiger partial charge in [0, 0.05) is 6.42 Å². The van der Waals surface area contributed by atoms with Crippen molar-refractivity contribution in [2.75, 3.05) is 13.2 Å². The smallest absolute Gasteiger partial charge is 0.305 e. The average molecular weight is 174 g/mol. The lowest BCUT2D eigenvalue weighted by Gasteiger charge is -2.08. The Morgan fingerprint density at radius 2 is 2.42 bits per heavy atom. The highest BCUT2D eigenvalue weighted by Gasteiger charge is 2.23. The molecule has 0 bridgehead atoms. The third kappa shape index (κ3) is 2.79. The Morgan fingerprint density at radius 1 is 1.67 bits per heavy atom. The number of hydrogen-bond acceptors (Lipinski definition) is 4. The number of esters is 1. The summed E-state index contributed by atoms with van der Waals surface area (Å²) in [7, 11) is 0. The van der Waals surface area contributed by atoms with Crippen LogP contribution in [0.5, 0.6) is 0 Å². The van der Waals surface area contributed by atoms with Crippen LogP contribution in [0.15, 0.2) is 0 Å². The van der Waals surface area contributed by atoms with Gasteiger partial charge in [0.2, 0.25) is 0 Å². The number of carbonyl (C=O) groups excluding carboxylic acids is 1. The van der Waals surface area contributed by atoms with Gasteiger partial charge in [-0.05, 0) is 6.92 Å². The van der Waals surface area contributed by atoms with Gasteiger partial charge in [0.1, 0.15) is 12.7 Å². The molecule has 0 spiro atoms. The van der Waals surface area contributed by atoms with E-state index in [-0.39, 0.29) is 18.4 Å². The molecule has 1 fully saturated rings. The first-order chi connectivity index (χ1) is 5.72. The largest absolute Gasteiger partial charge is 0.463 e. The number of rotatable bonds is 3. The molecule has 1 heterocycles. The Bertz CT molecular complexity index is 157. The van der Waals surface area contributed by atoms with E-state index in [0.29, 0.717) is 19.6 Å². The predicted molar refractivity (Wildman–Crippen MR) is 41.5 cm³/mol. The minimum atomic E-state index is -0.196. The second kappa shape index (κ2) is 4.42. The maximum absolute atomic E-state index is 10.7. The van der Waals surface area contributed by atoms with Crippen LogP contribution in [0.1, 0.15) is 20.3 Å². The first-order valence-corrected chi connectivity index (χ1v) is 4.15. The summed E-state index contributed by atoms with van der Waals surface area (Å²) < 4.78 is 15.3. The number of ether oxygens (including phenoxy) is 3. The molecule has 70 valence electrons. The highest BCUT2D eigenvalue weighted by molar-refractivity contribution is 5.68. The van der Waals surface area contributed by atoms with Crippen molar-refractivity contribution in [3.05, 3.63) is 0 Å². The standard InChI is InChI=1S/C8H14O4/c1-3-8(9)11-5-7-4-10-6(2)12-7/h6-7H,3-5H2,1-2H3. The lowest BCUT2D eigenvalue weighted by molar-refractivity contribution is -0.147. The first kappa shape index (κ1) is 9.48. The fourth-order valence-corrected chi connectivity index (χ4v) is 0.968. The van der Waals surface area contributed by atoms with Crippen LogP contribution in [0.2, 0.25) is 0 Å². The van der Waals surface area contributed by atoms with Gasteiger partial charge in [0.15, 0.2) is 6.29 Å². The highest BCUT2D eigenvalue weighted by atomic mass is 16.7. The normalized spacial score (nSPS) is 28.8. The molecule has 0 aromatic heterocycles.